The summed E-state index contributed by atoms with van der Waals surface area (Å²) in [7, 11) is 0. The summed E-state index contributed by atoms with van der Waals surface area (Å²) < 4.78 is 0. The van der Waals surface area contributed by atoms with E-state index < -0.39 is 0 Å². The van der Waals surface area contributed by atoms with Crippen LogP contribution in [0.2, 0.25) is 5.02 Å². The molecule has 0 unspecified atom stereocenters. The molecule has 20 heavy (non-hydrogen) atoms. The van der Waals surface area contributed by atoms with E-state index in [1.54, 1.807) is 11.0 Å². The maximum absolute atomic E-state index is 12.0. The number of nitrogens with one attached hydrogen (secondary N) is 1. The van der Waals surface area contributed by atoms with E-state index in [4.69, 9.17) is 11.6 Å². The molecule has 2 amide bonds. The molecule has 5 nitrogen and oxygen atoms in total. The number of rotatable bonds is 4. The van der Waals surface area contributed by atoms with Crippen molar-refractivity contribution in [3.8, 4) is 0 Å². The maximum atomic E-state index is 12.0. The second kappa shape index (κ2) is 6.72. The minimum Gasteiger partial charge on any atom is -0.343 e. The lowest BCUT2D eigenvalue weighted by Gasteiger charge is -2.31. The minimum atomic E-state index is -0.0861. The number of hydrogen-bond acceptors (Lipinski definition) is 3. The van der Waals surface area contributed by atoms with Crippen LogP contribution in [0.1, 0.15) is 5.56 Å². The third-order valence-electron chi connectivity index (χ3n) is 3.32. The first-order valence-electron chi connectivity index (χ1n) is 6.56. The normalized spacial score (nSPS) is 16.0. The van der Waals surface area contributed by atoms with Crippen LogP contribution in [0.25, 0.3) is 0 Å². The Morgan fingerprint density at radius 1 is 1.35 bits per heavy atom. The minimum absolute atomic E-state index is 0.0861. The molecule has 0 saturated carbocycles. The van der Waals surface area contributed by atoms with Crippen molar-refractivity contribution in [1.82, 2.24) is 9.80 Å². The highest BCUT2D eigenvalue weighted by molar-refractivity contribution is 6.33. The number of carbonyl (C=O) groups excluding carboxylic acids is 2. The SMILES string of the molecule is Cc1ccc(Cl)c(NC(=O)CN2CCN(C=O)CC2)c1. The predicted octanol–water partition coefficient (Wildman–Crippen LogP) is 1.36. The summed E-state index contributed by atoms with van der Waals surface area (Å²) in [6, 6.07) is 5.52. The monoisotopic (exact) mass is 295 g/mol. The van der Waals surface area contributed by atoms with E-state index in [0.29, 0.717) is 43.4 Å². The topological polar surface area (TPSA) is 52.7 Å². The van der Waals surface area contributed by atoms with Gasteiger partial charge in [0.2, 0.25) is 12.3 Å². The van der Waals surface area contributed by atoms with E-state index in [9.17, 15) is 9.59 Å². The first-order valence-corrected chi connectivity index (χ1v) is 6.94. The van der Waals surface area contributed by atoms with Crippen LogP contribution in [0.4, 0.5) is 5.69 Å². The van der Waals surface area contributed by atoms with Gasteiger partial charge in [-0.2, -0.15) is 0 Å². The molecule has 0 radical (unpaired) electrons. The summed E-state index contributed by atoms with van der Waals surface area (Å²) in [5.41, 5.74) is 1.69. The molecule has 0 bridgehead atoms. The number of carbonyl (C=O) groups is 2. The van der Waals surface area contributed by atoms with Gasteiger partial charge < -0.3 is 10.2 Å². The van der Waals surface area contributed by atoms with Crippen molar-refractivity contribution in [3.63, 3.8) is 0 Å². The maximum Gasteiger partial charge on any atom is 0.238 e. The Kier molecular flexibility index (Phi) is 4.98. The molecule has 6 heteroatoms. The van der Waals surface area contributed by atoms with E-state index in [-0.39, 0.29) is 5.91 Å². The lowest BCUT2D eigenvalue weighted by atomic mass is 10.2. The Morgan fingerprint density at radius 2 is 2.05 bits per heavy atom. The second-order valence-electron chi connectivity index (χ2n) is 4.95. The fraction of sp³-hybridized carbons (Fsp3) is 0.429. The predicted molar refractivity (Wildman–Crippen MR) is 78.9 cm³/mol. The van der Waals surface area contributed by atoms with Crippen LogP contribution in [0.5, 0.6) is 0 Å². The number of nitrogens with zero attached hydrogens (tertiary/aromatic N) is 2. The number of aryl methyl sites for hydroxylation is 1. The van der Waals surface area contributed by atoms with E-state index in [1.165, 1.54) is 0 Å². The first kappa shape index (κ1) is 14.8. The summed E-state index contributed by atoms with van der Waals surface area (Å²) in [6.45, 7) is 5.03. The van der Waals surface area contributed by atoms with Gasteiger partial charge in [0.1, 0.15) is 0 Å². The fourth-order valence-electron chi connectivity index (χ4n) is 2.15. The van der Waals surface area contributed by atoms with Gasteiger partial charge in [-0.05, 0) is 24.6 Å². The van der Waals surface area contributed by atoms with Gasteiger partial charge in [0, 0.05) is 26.2 Å². The van der Waals surface area contributed by atoms with Crippen LogP contribution in [-0.4, -0.2) is 54.8 Å². The number of anilines is 1. The van der Waals surface area contributed by atoms with Crippen molar-refractivity contribution in [2.45, 2.75) is 6.92 Å². The van der Waals surface area contributed by atoms with E-state index >= 15 is 0 Å². The molecular weight excluding hydrogens is 278 g/mol. The third-order valence-corrected chi connectivity index (χ3v) is 3.65. The van der Waals surface area contributed by atoms with Gasteiger partial charge in [-0.1, -0.05) is 17.7 Å². The average Bonchev–Trinajstić information content (AvgIpc) is 2.43. The first-order chi connectivity index (χ1) is 9.58. The quantitative estimate of drug-likeness (QED) is 0.854. The zero-order chi connectivity index (χ0) is 14.5. The van der Waals surface area contributed by atoms with Gasteiger partial charge in [-0.25, -0.2) is 0 Å². The van der Waals surface area contributed by atoms with Gasteiger partial charge in [-0.3, -0.25) is 14.5 Å². The lowest BCUT2D eigenvalue weighted by molar-refractivity contribution is -0.120. The highest BCUT2D eigenvalue weighted by atomic mass is 35.5. The molecule has 1 heterocycles. The van der Waals surface area contributed by atoms with Crippen LogP contribution in [0, 0.1) is 6.92 Å². The molecule has 1 N–H and O–H groups in total. The standard InChI is InChI=1S/C14H18ClN3O2/c1-11-2-3-12(15)13(8-11)16-14(20)9-17-4-6-18(10-19)7-5-17/h2-3,8,10H,4-7,9H2,1H3,(H,16,20). The summed E-state index contributed by atoms with van der Waals surface area (Å²) in [5.74, 6) is -0.0861. The van der Waals surface area contributed by atoms with E-state index in [2.05, 4.69) is 5.32 Å². The number of halogens is 1. The van der Waals surface area contributed by atoms with Crippen LogP contribution < -0.4 is 5.32 Å². The molecule has 1 aromatic carbocycles. The van der Waals surface area contributed by atoms with Crippen molar-refractivity contribution in [3.05, 3.63) is 28.8 Å². The smallest absolute Gasteiger partial charge is 0.238 e. The molecule has 1 aromatic rings. The molecule has 0 aliphatic carbocycles. The van der Waals surface area contributed by atoms with Crippen LogP contribution >= 0.6 is 11.6 Å². The summed E-state index contributed by atoms with van der Waals surface area (Å²) in [5, 5.41) is 3.36. The Labute approximate surface area is 123 Å². The largest absolute Gasteiger partial charge is 0.343 e. The molecule has 1 aliphatic rings. The number of benzene rings is 1. The van der Waals surface area contributed by atoms with Gasteiger partial charge >= 0.3 is 0 Å². The van der Waals surface area contributed by atoms with Crippen molar-refractivity contribution >= 4 is 29.6 Å². The van der Waals surface area contributed by atoms with Crippen molar-refractivity contribution < 1.29 is 9.59 Å². The molecule has 1 fully saturated rings. The highest BCUT2D eigenvalue weighted by Crippen LogP contribution is 2.22. The van der Waals surface area contributed by atoms with Gasteiger partial charge in [0.25, 0.3) is 0 Å². The third kappa shape index (κ3) is 3.95. The Balaban J connectivity index is 1.86. The number of amides is 2. The second-order valence-corrected chi connectivity index (χ2v) is 5.36. The van der Waals surface area contributed by atoms with Gasteiger partial charge in [0.15, 0.2) is 0 Å². The Hall–Kier alpha value is -1.59. The van der Waals surface area contributed by atoms with E-state index in [0.717, 1.165) is 12.0 Å². The summed E-state index contributed by atoms with van der Waals surface area (Å²) in [4.78, 5) is 26.4. The number of piperazine rings is 1. The van der Waals surface area contributed by atoms with Crippen molar-refractivity contribution in [2.75, 3.05) is 38.0 Å². The Morgan fingerprint density at radius 3 is 2.70 bits per heavy atom. The van der Waals surface area contributed by atoms with Gasteiger partial charge in [0.05, 0.1) is 17.3 Å². The molecule has 2 rings (SSSR count). The molecule has 0 spiro atoms. The van der Waals surface area contributed by atoms with E-state index in [1.807, 2.05) is 24.0 Å². The van der Waals surface area contributed by atoms with Crippen LogP contribution in [0.15, 0.2) is 18.2 Å². The van der Waals surface area contributed by atoms with Crippen molar-refractivity contribution in [2.24, 2.45) is 0 Å². The van der Waals surface area contributed by atoms with Crippen molar-refractivity contribution in [1.29, 1.82) is 0 Å². The van der Waals surface area contributed by atoms with Gasteiger partial charge in [-0.15, -0.1) is 0 Å². The zero-order valence-electron chi connectivity index (χ0n) is 11.4. The summed E-state index contributed by atoms with van der Waals surface area (Å²) in [6.07, 6.45) is 0.851. The molecular formula is C14H18ClN3O2. The zero-order valence-corrected chi connectivity index (χ0v) is 12.2. The summed E-state index contributed by atoms with van der Waals surface area (Å²) >= 11 is 6.05. The fourth-order valence-corrected chi connectivity index (χ4v) is 2.32. The molecule has 108 valence electrons. The molecule has 0 atom stereocenters. The lowest BCUT2D eigenvalue weighted by Crippen LogP contribution is -2.48. The van der Waals surface area contributed by atoms with Crippen LogP contribution in [-0.2, 0) is 9.59 Å². The molecule has 1 aliphatic heterocycles. The number of hydrogen-bond donors (Lipinski definition) is 1. The van der Waals surface area contributed by atoms with Crippen LogP contribution in [0.3, 0.4) is 0 Å². The highest BCUT2D eigenvalue weighted by Gasteiger charge is 2.18. The molecule has 1 saturated heterocycles. The average molecular weight is 296 g/mol. The molecule has 0 aromatic heterocycles. The Bertz CT molecular complexity index is 499.